The van der Waals surface area contributed by atoms with E-state index in [-0.39, 0.29) is 7.43 Å². The summed E-state index contributed by atoms with van der Waals surface area (Å²) in [5, 5.41) is 0. The summed E-state index contributed by atoms with van der Waals surface area (Å²) in [5.74, 6) is 0. The highest BCUT2D eigenvalue weighted by atomic mass is 31.1. The molecule has 0 saturated carbocycles. The highest BCUT2D eigenvalue weighted by Crippen LogP contribution is 2.08. The summed E-state index contributed by atoms with van der Waals surface area (Å²) in [6.45, 7) is 3.36. The van der Waals surface area contributed by atoms with Crippen LogP contribution in [0.5, 0.6) is 0 Å². The zero-order chi connectivity index (χ0) is 8.57. The van der Waals surface area contributed by atoms with Crippen molar-refractivity contribution in [2.75, 3.05) is 12.3 Å². The topological polar surface area (TPSA) is 74.6 Å². The Hall–Kier alpha value is 0.380. The molecule has 0 aromatic rings. The van der Waals surface area contributed by atoms with Crippen molar-refractivity contribution in [2.24, 2.45) is 0 Å². The molecule has 2 unspecified atom stereocenters. The van der Waals surface area contributed by atoms with E-state index in [4.69, 9.17) is 9.79 Å². The van der Waals surface area contributed by atoms with E-state index in [0.29, 0.717) is 12.3 Å². The first-order chi connectivity index (χ1) is 4.54. The average Bonchev–Trinajstić information content (AvgIpc) is 1.89. The molecule has 0 aliphatic heterocycles. The summed E-state index contributed by atoms with van der Waals surface area (Å²) < 4.78 is 19.1. The van der Waals surface area contributed by atoms with Crippen molar-refractivity contribution in [3.8, 4) is 0 Å². The van der Waals surface area contributed by atoms with Gasteiger partial charge in [-0.3, -0.25) is 9.13 Å². The fourth-order valence-electron chi connectivity index (χ4n) is 0. The van der Waals surface area contributed by atoms with E-state index in [9.17, 15) is 9.13 Å². The zero-order valence-electron chi connectivity index (χ0n) is 6.13. The molecule has 0 aliphatic carbocycles. The minimum Gasteiger partial charge on any atom is -0.346 e. The average molecular weight is 204 g/mol. The molecule has 0 saturated heterocycles. The number of hydrogen-bond donors (Lipinski definition) is 2. The molecule has 2 N–H and O–H groups in total. The Bertz CT molecular complexity index is 101. The fourth-order valence-corrected chi connectivity index (χ4v) is 0. The molecule has 0 aliphatic rings. The van der Waals surface area contributed by atoms with Gasteiger partial charge in [-0.2, -0.15) is 0 Å². The van der Waals surface area contributed by atoms with Crippen molar-refractivity contribution in [2.45, 2.75) is 21.3 Å². The largest absolute Gasteiger partial charge is 0.346 e. The maximum absolute atomic E-state index is 9.55. The highest BCUT2D eigenvalue weighted by Gasteiger charge is 1.76. The first kappa shape index (κ1) is 17.5. The molecule has 0 radical (unpaired) electrons. The summed E-state index contributed by atoms with van der Waals surface area (Å²) in [6.07, 6.45) is 0.815. The van der Waals surface area contributed by atoms with Crippen LogP contribution in [0.15, 0.2) is 0 Å². The van der Waals surface area contributed by atoms with E-state index in [1.807, 2.05) is 0 Å². The van der Waals surface area contributed by atoms with E-state index < -0.39 is 16.1 Å². The van der Waals surface area contributed by atoms with Crippen molar-refractivity contribution < 1.29 is 18.9 Å². The second-order valence-corrected chi connectivity index (χ2v) is 4.48. The van der Waals surface area contributed by atoms with Crippen molar-refractivity contribution in [3.63, 3.8) is 0 Å². The van der Waals surface area contributed by atoms with Gasteiger partial charge >= 0.3 is 0 Å². The fraction of sp³-hybridized carbons (Fsp3) is 1.00. The highest BCUT2D eigenvalue weighted by molar-refractivity contribution is 7.38. The summed E-state index contributed by atoms with van der Waals surface area (Å²) in [5.41, 5.74) is 0. The van der Waals surface area contributed by atoms with Gasteiger partial charge in [-0.1, -0.05) is 21.3 Å². The Morgan fingerprint density at radius 2 is 1.09 bits per heavy atom. The second kappa shape index (κ2) is 13.0. The van der Waals surface area contributed by atoms with Crippen molar-refractivity contribution >= 4 is 16.1 Å². The molecule has 0 fully saturated rings. The minimum absolute atomic E-state index is 0. The second-order valence-electron chi connectivity index (χ2n) is 1.49. The molecule has 4 nitrogen and oxygen atoms in total. The maximum atomic E-state index is 9.55. The SMILES string of the molecule is C.CC[PH](=O)O.CC[PH](=O)O. The lowest BCUT2D eigenvalue weighted by Crippen LogP contribution is -1.56. The zero-order valence-corrected chi connectivity index (χ0v) is 8.13. The smallest absolute Gasteiger partial charge is 0.188 e. The summed E-state index contributed by atoms with van der Waals surface area (Å²) in [6, 6.07) is 0. The molecule has 0 aromatic carbocycles. The van der Waals surface area contributed by atoms with Crippen LogP contribution in [0.1, 0.15) is 21.3 Å². The third-order valence-electron chi connectivity index (χ3n) is 0.605. The first-order valence-corrected chi connectivity index (χ1v) is 6.10. The van der Waals surface area contributed by atoms with E-state index in [1.165, 1.54) is 0 Å². The molecule has 0 spiro atoms. The standard InChI is InChI=1S/2C2H7O2P.CH4/c2*1-2-5(3)4;/h2*5H,2H2,1H3,(H,3,4);1H4. The molecular weight excluding hydrogens is 186 g/mol. The molecule has 0 rings (SSSR count). The predicted octanol–water partition coefficient (Wildman–Crippen LogP) is 1.58. The third kappa shape index (κ3) is 38.0. The molecule has 11 heavy (non-hydrogen) atoms. The van der Waals surface area contributed by atoms with Crippen LogP contribution in [0.3, 0.4) is 0 Å². The minimum atomic E-state index is -2.12. The van der Waals surface area contributed by atoms with E-state index in [1.54, 1.807) is 13.8 Å². The van der Waals surface area contributed by atoms with Crippen molar-refractivity contribution in [1.29, 1.82) is 0 Å². The third-order valence-corrected chi connectivity index (χ3v) is 1.81. The van der Waals surface area contributed by atoms with Gasteiger partial charge in [0.15, 0.2) is 16.1 Å². The van der Waals surface area contributed by atoms with Gasteiger partial charge in [-0.25, -0.2) is 0 Å². The number of hydrogen-bond acceptors (Lipinski definition) is 2. The van der Waals surface area contributed by atoms with Crippen LogP contribution in [0.25, 0.3) is 0 Å². The van der Waals surface area contributed by atoms with Crippen LogP contribution in [0.4, 0.5) is 0 Å². The molecule has 2 atom stereocenters. The molecule has 0 bridgehead atoms. The first-order valence-electron chi connectivity index (χ1n) is 2.98. The predicted molar refractivity (Wildman–Crippen MR) is 50.3 cm³/mol. The molecule has 0 heterocycles. The molecule has 6 heteroatoms. The van der Waals surface area contributed by atoms with Gasteiger partial charge < -0.3 is 9.79 Å². The van der Waals surface area contributed by atoms with Crippen LogP contribution in [-0.2, 0) is 9.13 Å². The molecule has 0 aromatic heterocycles. The van der Waals surface area contributed by atoms with Crippen LogP contribution < -0.4 is 0 Å². The Kier molecular flexibility index (Phi) is 20.6. The van der Waals surface area contributed by atoms with Gasteiger partial charge in [-0.15, -0.1) is 0 Å². The summed E-state index contributed by atoms with van der Waals surface area (Å²) >= 11 is 0. The van der Waals surface area contributed by atoms with Crippen LogP contribution in [0, 0.1) is 0 Å². The molecule has 0 amide bonds. The van der Waals surface area contributed by atoms with Crippen LogP contribution >= 0.6 is 16.1 Å². The van der Waals surface area contributed by atoms with E-state index >= 15 is 0 Å². The van der Waals surface area contributed by atoms with E-state index in [2.05, 4.69) is 0 Å². The Balaban J connectivity index is -0.000000107. The Morgan fingerprint density at radius 1 is 1.00 bits per heavy atom. The molecular formula is C5H18O4P2. The Morgan fingerprint density at radius 3 is 1.09 bits per heavy atom. The quantitative estimate of drug-likeness (QED) is 0.669. The number of rotatable bonds is 2. The summed E-state index contributed by atoms with van der Waals surface area (Å²) in [7, 11) is -4.25. The maximum Gasteiger partial charge on any atom is 0.188 e. The van der Waals surface area contributed by atoms with Crippen LogP contribution in [-0.4, -0.2) is 22.1 Å². The van der Waals surface area contributed by atoms with Crippen molar-refractivity contribution in [3.05, 3.63) is 0 Å². The van der Waals surface area contributed by atoms with Gasteiger partial charge in [0.25, 0.3) is 0 Å². The lowest BCUT2D eigenvalue weighted by molar-refractivity contribution is 0.503. The van der Waals surface area contributed by atoms with Gasteiger partial charge in [0.1, 0.15) is 0 Å². The van der Waals surface area contributed by atoms with Gasteiger partial charge in [0.2, 0.25) is 0 Å². The van der Waals surface area contributed by atoms with Crippen molar-refractivity contribution in [1.82, 2.24) is 0 Å². The van der Waals surface area contributed by atoms with Gasteiger partial charge in [-0.05, 0) is 0 Å². The van der Waals surface area contributed by atoms with Gasteiger partial charge in [0.05, 0.1) is 0 Å². The van der Waals surface area contributed by atoms with Gasteiger partial charge in [0, 0.05) is 12.3 Å². The lowest BCUT2D eigenvalue weighted by Gasteiger charge is -1.74. The lowest BCUT2D eigenvalue weighted by atomic mass is 11.0. The Labute approximate surface area is 69.4 Å². The molecule has 72 valence electrons. The van der Waals surface area contributed by atoms with E-state index in [0.717, 1.165) is 0 Å². The summed E-state index contributed by atoms with van der Waals surface area (Å²) in [4.78, 5) is 15.8. The monoisotopic (exact) mass is 204 g/mol. The van der Waals surface area contributed by atoms with Crippen LogP contribution in [0.2, 0.25) is 0 Å². The normalized spacial score (nSPS) is 13.5.